The molecule has 0 saturated heterocycles. The van der Waals surface area contributed by atoms with Gasteiger partial charge in [0, 0.05) is 31.7 Å². The molecule has 2 N–H and O–H groups in total. The van der Waals surface area contributed by atoms with Crippen molar-refractivity contribution in [3.05, 3.63) is 136 Å². The van der Waals surface area contributed by atoms with Crippen molar-refractivity contribution < 1.29 is 4.79 Å². The Morgan fingerprint density at radius 3 is 2.71 bits per heavy atom. The summed E-state index contributed by atoms with van der Waals surface area (Å²) in [6.45, 7) is 1.78. The summed E-state index contributed by atoms with van der Waals surface area (Å²) in [6.07, 6.45) is 10.1. The molecule has 0 bridgehead atoms. The molecule has 7 nitrogen and oxygen atoms in total. The molecule has 8 heteroatoms. The van der Waals surface area contributed by atoms with Gasteiger partial charge in [-0.1, -0.05) is 72.3 Å². The van der Waals surface area contributed by atoms with Crippen molar-refractivity contribution in [2.75, 3.05) is 0 Å². The summed E-state index contributed by atoms with van der Waals surface area (Å²) in [5.41, 5.74) is 7.21. The number of benzene rings is 2. The number of hydrogen-bond acceptors (Lipinski definition) is 5. The van der Waals surface area contributed by atoms with E-state index in [1.54, 1.807) is 12.3 Å². The minimum absolute atomic E-state index is 0.183. The number of rotatable bonds is 9. The fourth-order valence-corrected chi connectivity index (χ4v) is 5.73. The lowest BCUT2D eigenvalue weighted by molar-refractivity contribution is 0.0951. The van der Waals surface area contributed by atoms with Crippen molar-refractivity contribution in [2.45, 2.75) is 44.9 Å². The number of imidazole rings is 1. The number of halogens is 1. The maximum atomic E-state index is 12.7. The minimum atomic E-state index is -0.221. The molecule has 1 aliphatic rings. The number of hydrogen-bond donors (Lipinski definition) is 2. The van der Waals surface area contributed by atoms with Gasteiger partial charge >= 0.3 is 0 Å². The summed E-state index contributed by atoms with van der Waals surface area (Å²) in [5.74, 6) is 0.700. The van der Waals surface area contributed by atoms with Crippen LogP contribution < -0.4 is 5.32 Å². The highest BCUT2D eigenvalue weighted by molar-refractivity contribution is 6.33. The molecule has 0 radical (unpaired) electrons. The van der Waals surface area contributed by atoms with Gasteiger partial charge in [-0.3, -0.25) is 19.7 Å². The van der Waals surface area contributed by atoms with Crippen LogP contribution in [0.3, 0.4) is 0 Å². The summed E-state index contributed by atoms with van der Waals surface area (Å²) in [4.78, 5) is 32.2. The molecule has 1 amide bonds. The van der Waals surface area contributed by atoms with Crippen LogP contribution in [-0.4, -0.2) is 30.7 Å². The van der Waals surface area contributed by atoms with Gasteiger partial charge in [-0.2, -0.15) is 0 Å². The minimum Gasteiger partial charge on any atom is -0.348 e. The van der Waals surface area contributed by atoms with Crippen LogP contribution in [0.1, 0.15) is 57.5 Å². The second-order valence-corrected chi connectivity index (χ2v) is 10.7. The Kier molecular flexibility index (Phi) is 8.16. The Bertz CT molecular complexity index is 1640. The Morgan fingerprint density at radius 2 is 1.83 bits per heavy atom. The first-order valence-electron chi connectivity index (χ1n) is 13.9. The topological polar surface area (TPSA) is 86.8 Å². The normalized spacial score (nSPS) is 14.5. The molecule has 2 aromatic carbocycles. The number of nitrogens with one attached hydrogen (secondary N) is 2. The Morgan fingerprint density at radius 1 is 0.951 bits per heavy atom. The van der Waals surface area contributed by atoms with E-state index in [1.165, 1.54) is 11.8 Å². The van der Waals surface area contributed by atoms with Crippen molar-refractivity contribution in [1.82, 2.24) is 30.2 Å². The van der Waals surface area contributed by atoms with Crippen LogP contribution >= 0.6 is 11.6 Å². The van der Waals surface area contributed by atoms with Gasteiger partial charge in [0.2, 0.25) is 0 Å². The summed E-state index contributed by atoms with van der Waals surface area (Å²) >= 11 is 6.15. The predicted molar refractivity (Wildman–Crippen MR) is 160 cm³/mol. The van der Waals surface area contributed by atoms with Crippen molar-refractivity contribution in [2.24, 2.45) is 0 Å². The first kappa shape index (κ1) is 26.9. The second kappa shape index (κ2) is 12.5. The quantitative estimate of drug-likeness (QED) is 0.213. The van der Waals surface area contributed by atoms with E-state index in [9.17, 15) is 4.79 Å². The maximum Gasteiger partial charge on any atom is 0.253 e. The van der Waals surface area contributed by atoms with Gasteiger partial charge in [-0.15, -0.1) is 0 Å². The monoisotopic (exact) mass is 562 g/mol. The highest BCUT2D eigenvalue weighted by Gasteiger charge is 2.28. The molecule has 0 fully saturated rings. The number of nitrogens with zero attached hydrogens (tertiary/aromatic N) is 4. The molecule has 3 heterocycles. The van der Waals surface area contributed by atoms with E-state index in [-0.39, 0.29) is 11.9 Å². The van der Waals surface area contributed by atoms with E-state index < -0.39 is 0 Å². The first-order chi connectivity index (χ1) is 20.1. The zero-order chi connectivity index (χ0) is 28.0. The molecule has 0 saturated carbocycles. The molecule has 1 atom stereocenters. The van der Waals surface area contributed by atoms with E-state index >= 15 is 0 Å². The molecule has 41 heavy (non-hydrogen) atoms. The van der Waals surface area contributed by atoms with E-state index in [2.05, 4.69) is 50.5 Å². The van der Waals surface area contributed by atoms with Crippen LogP contribution in [0.15, 0.2) is 97.6 Å². The molecule has 5 aromatic rings. The van der Waals surface area contributed by atoms with Crippen molar-refractivity contribution in [3.63, 3.8) is 0 Å². The summed E-state index contributed by atoms with van der Waals surface area (Å²) in [5, 5.41) is 3.32. The molecular weight excluding hydrogens is 532 g/mol. The fraction of sp³-hybridized carbons (Fsp3) is 0.212. The van der Waals surface area contributed by atoms with Crippen LogP contribution in [0, 0.1) is 0 Å². The molecule has 6 rings (SSSR count). The van der Waals surface area contributed by atoms with Gasteiger partial charge in [0.15, 0.2) is 0 Å². The first-order valence-corrected chi connectivity index (χ1v) is 14.2. The van der Waals surface area contributed by atoms with Gasteiger partial charge in [0.05, 0.1) is 40.8 Å². The highest BCUT2D eigenvalue weighted by Crippen LogP contribution is 2.35. The number of aryl methyl sites for hydroxylation is 1. The third kappa shape index (κ3) is 6.37. The number of pyridine rings is 2. The second-order valence-electron chi connectivity index (χ2n) is 10.3. The molecule has 0 spiro atoms. The molecule has 206 valence electrons. The van der Waals surface area contributed by atoms with Crippen LogP contribution in [0.5, 0.6) is 0 Å². The number of carbonyl (C=O) groups is 1. The summed E-state index contributed by atoms with van der Waals surface area (Å²) < 4.78 is 0. The van der Waals surface area contributed by atoms with E-state index in [0.29, 0.717) is 23.7 Å². The molecule has 3 aromatic heterocycles. The molecule has 1 unspecified atom stereocenters. The molecule has 1 aliphatic carbocycles. The highest BCUT2D eigenvalue weighted by atomic mass is 35.5. The number of amides is 1. The van der Waals surface area contributed by atoms with Gasteiger partial charge in [0.1, 0.15) is 5.82 Å². The average molecular weight is 563 g/mol. The maximum absolute atomic E-state index is 12.7. The smallest absolute Gasteiger partial charge is 0.253 e. The lowest BCUT2D eigenvalue weighted by atomic mass is 9.90. The fourth-order valence-electron chi connectivity index (χ4n) is 5.53. The lowest BCUT2D eigenvalue weighted by Crippen LogP contribution is -2.32. The van der Waals surface area contributed by atoms with Crippen LogP contribution in [0.4, 0.5) is 0 Å². The summed E-state index contributed by atoms with van der Waals surface area (Å²) in [6, 6.07) is 24.7. The third-order valence-electron chi connectivity index (χ3n) is 7.52. The van der Waals surface area contributed by atoms with Gasteiger partial charge in [-0.05, 0) is 53.6 Å². The van der Waals surface area contributed by atoms with Crippen LogP contribution in [-0.2, 0) is 26.1 Å². The largest absolute Gasteiger partial charge is 0.348 e. The average Bonchev–Trinajstić information content (AvgIpc) is 3.49. The number of aromatic nitrogens is 4. The van der Waals surface area contributed by atoms with Crippen LogP contribution in [0.25, 0.3) is 11.3 Å². The van der Waals surface area contributed by atoms with Gasteiger partial charge in [-0.25, -0.2) is 4.98 Å². The SMILES string of the molecule is O=C(NCc1cccc(CN(Cc2ncc(-c3ccccc3)[nH]2)C2CCCc3cccnc32)c1)c1ccncc1Cl. The predicted octanol–water partition coefficient (Wildman–Crippen LogP) is 6.53. The van der Waals surface area contributed by atoms with Crippen molar-refractivity contribution in [3.8, 4) is 11.3 Å². The molecule has 0 aliphatic heterocycles. The van der Waals surface area contributed by atoms with Crippen molar-refractivity contribution >= 4 is 17.5 Å². The standard InChI is InChI=1S/C33H31ClN6O/c34-28-19-35-16-14-27(28)33(41)38-18-23-7-4-8-24(17-23)21-40(30-13-5-11-26-12-6-15-36-32(26)30)22-31-37-20-29(39-31)25-9-2-1-3-10-25/h1-4,6-10,12,14-17,19-20,30H,5,11,13,18,21-22H2,(H,37,39)(H,38,41). The van der Waals surface area contributed by atoms with Gasteiger partial charge < -0.3 is 10.3 Å². The van der Waals surface area contributed by atoms with Crippen molar-refractivity contribution in [1.29, 1.82) is 0 Å². The third-order valence-corrected chi connectivity index (χ3v) is 7.82. The number of H-pyrrole nitrogens is 1. The van der Waals surface area contributed by atoms with Gasteiger partial charge in [0.25, 0.3) is 5.91 Å². The Hall–Kier alpha value is -4.33. The number of fused-ring (bicyclic) bond motifs is 1. The lowest BCUT2D eigenvalue weighted by Gasteiger charge is -2.34. The zero-order valence-corrected chi connectivity index (χ0v) is 23.4. The van der Waals surface area contributed by atoms with E-state index in [0.717, 1.165) is 59.7 Å². The number of carbonyl (C=O) groups excluding carboxylic acids is 1. The zero-order valence-electron chi connectivity index (χ0n) is 22.6. The van der Waals surface area contributed by atoms with E-state index in [4.69, 9.17) is 21.6 Å². The van der Waals surface area contributed by atoms with E-state index in [1.807, 2.05) is 48.8 Å². The Labute approximate surface area is 244 Å². The number of aromatic amines is 1. The van der Waals surface area contributed by atoms with Crippen LogP contribution in [0.2, 0.25) is 5.02 Å². The summed E-state index contributed by atoms with van der Waals surface area (Å²) in [7, 11) is 0. The Balaban J connectivity index is 1.23. The molecular formula is C33H31ClN6O.